The maximum absolute atomic E-state index is 10.2. The van der Waals surface area contributed by atoms with Crippen LogP contribution in [0.3, 0.4) is 0 Å². The van der Waals surface area contributed by atoms with Crippen molar-refractivity contribution in [3.63, 3.8) is 0 Å². The Balaban J connectivity index is 2.65. The molecule has 1 amide bonds. The van der Waals surface area contributed by atoms with E-state index in [1.807, 2.05) is 0 Å². The lowest BCUT2D eigenvalue weighted by Gasteiger charge is -2.02. The van der Waals surface area contributed by atoms with E-state index in [1.165, 1.54) is 6.20 Å². The van der Waals surface area contributed by atoms with Crippen molar-refractivity contribution in [2.24, 2.45) is 0 Å². The van der Waals surface area contributed by atoms with Crippen molar-refractivity contribution in [2.75, 3.05) is 5.32 Å². The van der Waals surface area contributed by atoms with Gasteiger partial charge in [0.2, 0.25) is 6.41 Å². The monoisotopic (exact) mass is 241 g/mol. The number of hydrogen-bond acceptors (Lipinski definition) is 3. The van der Waals surface area contributed by atoms with Crippen LogP contribution in [-0.2, 0) is 4.79 Å². The first kappa shape index (κ1) is 10.1. The summed E-state index contributed by atoms with van der Waals surface area (Å²) in [5.41, 5.74) is 0. The summed E-state index contributed by atoms with van der Waals surface area (Å²) in [7, 11) is 0. The summed E-state index contributed by atoms with van der Waals surface area (Å²) in [5.74, 6) is 0.441. The molecule has 4 nitrogen and oxygen atoms in total. The molecular formula is C9H5Cl2N3O. The Labute approximate surface area is 95.2 Å². The van der Waals surface area contributed by atoms with E-state index in [0.29, 0.717) is 27.9 Å². The zero-order valence-electron chi connectivity index (χ0n) is 7.37. The molecule has 0 unspecified atom stereocenters. The summed E-state index contributed by atoms with van der Waals surface area (Å²) in [6.07, 6.45) is 2.09. The van der Waals surface area contributed by atoms with Gasteiger partial charge in [-0.3, -0.25) is 4.79 Å². The Kier molecular flexibility index (Phi) is 2.70. The Bertz CT molecular complexity index is 530. The molecule has 0 atom stereocenters. The maximum Gasteiger partial charge on any atom is 0.212 e. The molecule has 76 valence electrons. The molecule has 2 aromatic heterocycles. The number of hydrogen-bond donors (Lipinski definition) is 1. The second kappa shape index (κ2) is 4.00. The summed E-state index contributed by atoms with van der Waals surface area (Å²) < 4.78 is 0. The van der Waals surface area contributed by atoms with Crippen molar-refractivity contribution in [1.29, 1.82) is 0 Å². The number of rotatable bonds is 2. The normalized spacial score (nSPS) is 10.3. The molecule has 0 saturated heterocycles. The molecule has 2 rings (SSSR count). The van der Waals surface area contributed by atoms with Gasteiger partial charge in [-0.25, -0.2) is 9.97 Å². The number of nitrogens with one attached hydrogen (secondary N) is 1. The van der Waals surface area contributed by atoms with Crippen LogP contribution in [0.2, 0.25) is 10.3 Å². The van der Waals surface area contributed by atoms with Gasteiger partial charge in [-0.05, 0) is 17.5 Å². The second-order valence-electron chi connectivity index (χ2n) is 2.79. The first-order valence-electron chi connectivity index (χ1n) is 4.02. The topological polar surface area (TPSA) is 54.9 Å². The summed E-state index contributed by atoms with van der Waals surface area (Å²) in [6, 6.07) is 3.32. The standard InChI is InChI=1S/C9H5Cl2N3O/c10-7-1-5-2-8(13-4-15)12-3-6(5)9(11)14-7/h1-4H,(H,12,13,15). The van der Waals surface area contributed by atoms with E-state index in [1.54, 1.807) is 12.1 Å². The largest absolute Gasteiger partial charge is 0.313 e. The fourth-order valence-electron chi connectivity index (χ4n) is 1.22. The Morgan fingerprint density at radius 2 is 2.13 bits per heavy atom. The third kappa shape index (κ3) is 2.00. The highest BCUT2D eigenvalue weighted by Gasteiger charge is 2.04. The number of anilines is 1. The number of fused-ring (bicyclic) bond motifs is 1. The Morgan fingerprint density at radius 1 is 1.33 bits per heavy atom. The van der Waals surface area contributed by atoms with E-state index < -0.39 is 0 Å². The Morgan fingerprint density at radius 3 is 2.87 bits per heavy atom. The van der Waals surface area contributed by atoms with Crippen molar-refractivity contribution >= 4 is 46.2 Å². The van der Waals surface area contributed by atoms with Gasteiger partial charge < -0.3 is 5.32 Å². The molecule has 0 aliphatic heterocycles. The molecule has 0 bridgehead atoms. The number of nitrogens with zero attached hydrogens (tertiary/aromatic N) is 2. The van der Waals surface area contributed by atoms with Crippen LogP contribution in [0.25, 0.3) is 10.8 Å². The molecule has 0 aliphatic carbocycles. The van der Waals surface area contributed by atoms with E-state index in [0.717, 1.165) is 5.39 Å². The molecule has 15 heavy (non-hydrogen) atoms. The number of pyridine rings is 2. The summed E-state index contributed by atoms with van der Waals surface area (Å²) >= 11 is 11.6. The third-order valence-corrected chi connectivity index (χ3v) is 2.33. The van der Waals surface area contributed by atoms with Gasteiger partial charge in [-0.1, -0.05) is 23.2 Å². The maximum atomic E-state index is 10.2. The third-order valence-electron chi connectivity index (χ3n) is 1.84. The predicted molar refractivity (Wildman–Crippen MR) is 59.2 cm³/mol. The first-order chi connectivity index (χ1) is 7.20. The van der Waals surface area contributed by atoms with Gasteiger partial charge in [0.15, 0.2) is 0 Å². The molecule has 1 N–H and O–H groups in total. The Hall–Kier alpha value is -1.39. The van der Waals surface area contributed by atoms with Crippen molar-refractivity contribution < 1.29 is 4.79 Å². The SMILES string of the molecule is O=CNc1cc2cc(Cl)nc(Cl)c2cn1. The minimum absolute atomic E-state index is 0.294. The van der Waals surface area contributed by atoms with Gasteiger partial charge in [-0.15, -0.1) is 0 Å². The summed E-state index contributed by atoms with van der Waals surface area (Å²) in [4.78, 5) is 18.1. The van der Waals surface area contributed by atoms with Gasteiger partial charge in [0.1, 0.15) is 16.1 Å². The van der Waals surface area contributed by atoms with Gasteiger partial charge in [0, 0.05) is 11.6 Å². The van der Waals surface area contributed by atoms with Crippen molar-refractivity contribution in [3.8, 4) is 0 Å². The van der Waals surface area contributed by atoms with Crippen molar-refractivity contribution in [1.82, 2.24) is 9.97 Å². The molecule has 0 fully saturated rings. The van der Waals surface area contributed by atoms with Crippen LogP contribution >= 0.6 is 23.2 Å². The van der Waals surface area contributed by atoms with Crippen LogP contribution in [0.4, 0.5) is 5.82 Å². The average Bonchev–Trinajstić information content (AvgIpc) is 2.17. The van der Waals surface area contributed by atoms with Crippen LogP contribution in [0.5, 0.6) is 0 Å². The van der Waals surface area contributed by atoms with E-state index in [4.69, 9.17) is 23.2 Å². The quantitative estimate of drug-likeness (QED) is 0.650. The van der Waals surface area contributed by atoms with E-state index >= 15 is 0 Å². The van der Waals surface area contributed by atoms with Crippen LogP contribution in [0.15, 0.2) is 18.3 Å². The van der Waals surface area contributed by atoms with E-state index in [-0.39, 0.29) is 0 Å². The fraction of sp³-hybridized carbons (Fsp3) is 0. The van der Waals surface area contributed by atoms with E-state index in [9.17, 15) is 4.79 Å². The highest BCUT2D eigenvalue weighted by Crippen LogP contribution is 2.25. The first-order valence-corrected chi connectivity index (χ1v) is 4.78. The smallest absolute Gasteiger partial charge is 0.212 e. The van der Waals surface area contributed by atoms with E-state index in [2.05, 4.69) is 15.3 Å². The van der Waals surface area contributed by atoms with Crippen LogP contribution < -0.4 is 5.32 Å². The molecule has 0 aromatic carbocycles. The summed E-state index contributed by atoms with van der Waals surface area (Å²) in [6.45, 7) is 0. The number of amides is 1. The zero-order chi connectivity index (χ0) is 10.8. The molecule has 6 heteroatoms. The van der Waals surface area contributed by atoms with Gasteiger partial charge >= 0.3 is 0 Å². The van der Waals surface area contributed by atoms with Crippen molar-refractivity contribution in [2.45, 2.75) is 0 Å². The van der Waals surface area contributed by atoms with Crippen LogP contribution in [0.1, 0.15) is 0 Å². The molecular weight excluding hydrogens is 237 g/mol. The number of carbonyl (C=O) groups excluding carboxylic acids is 1. The molecule has 2 heterocycles. The number of carbonyl (C=O) groups is 1. The highest BCUT2D eigenvalue weighted by atomic mass is 35.5. The fourth-order valence-corrected chi connectivity index (χ4v) is 1.71. The van der Waals surface area contributed by atoms with Gasteiger partial charge in [0.05, 0.1) is 0 Å². The minimum atomic E-state index is 0.294. The minimum Gasteiger partial charge on any atom is -0.313 e. The molecule has 0 radical (unpaired) electrons. The lowest BCUT2D eigenvalue weighted by molar-refractivity contribution is -0.105. The predicted octanol–water partition coefficient (Wildman–Crippen LogP) is 2.50. The average molecular weight is 242 g/mol. The zero-order valence-corrected chi connectivity index (χ0v) is 8.88. The van der Waals surface area contributed by atoms with Gasteiger partial charge in [-0.2, -0.15) is 0 Å². The lowest BCUT2D eigenvalue weighted by atomic mass is 10.2. The summed E-state index contributed by atoms with van der Waals surface area (Å²) in [5, 5.41) is 4.51. The lowest BCUT2D eigenvalue weighted by Crippen LogP contribution is -1.96. The van der Waals surface area contributed by atoms with Gasteiger partial charge in [0.25, 0.3) is 0 Å². The number of aromatic nitrogens is 2. The van der Waals surface area contributed by atoms with Crippen LogP contribution in [-0.4, -0.2) is 16.4 Å². The number of halogens is 2. The molecule has 0 saturated carbocycles. The second-order valence-corrected chi connectivity index (χ2v) is 3.53. The molecule has 0 aliphatic rings. The van der Waals surface area contributed by atoms with Crippen LogP contribution in [0, 0.1) is 0 Å². The molecule has 0 spiro atoms. The highest BCUT2D eigenvalue weighted by molar-refractivity contribution is 6.36. The van der Waals surface area contributed by atoms with Crippen molar-refractivity contribution in [3.05, 3.63) is 28.6 Å². The molecule has 2 aromatic rings.